The summed E-state index contributed by atoms with van der Waals surface area (Å²) < 4.78 is 13.1. The predicted octanol–water partition coefficient (Wildman–Crippen LogP) is 14.6. The SMILES string of the molecule is CCC(C)(CC)C(=O)/C=C(\O)C(C)(CC)CC.Cc1c(-c2oc3c(-c4[c-]c5ccccc5c(C(C)(C)C)c4)nccc3c2C)oc2cc(CC(C)C)ccc12.[Ir]. The number of carbonyl (C=O) groups excluding carboxylic acids is 1. The van der Waals surface area contributed by atoms with Crippen LogP contribution in [-0.2, 0) is 36.7 Å². The van der Waals surface area contributed by atoms with E-state index in [-0.39, 0.29) is 47.9 Å². The molecule has 0 aliphatic carbocycles. The van der Waals surface area contributed by atoms with Crippen LogP contribution in [0.4, 0.5) is 0 Å². The molecule has 301 valence electrons. The quantitative estimate of drug-likeness (QED) is 0.0796. The Morgan fingerprint density at radius 3 is 2.02 bits per heavy atom. The summed E-state index contributed by atoms with van der Waals surface area (Å²) in [5.74, 6) is 2.44. The minimum Gasteiger partial charge on any atom is -0.512 e. The molecule has 0 atom stereocenters. The number of aliphatic hydroxyl groups excluding tert-OH is 1. The minimum atomic E-state index is -0.337. The molecule has 3 aromatic heterocycles. The molecule has 1 radical (unpaired) electrons. The number of rotatable bonds is 11. The van der Waals surface area contributed by atoms with E-state index in [1.54, 1.807) is 0 Å². The Balaban J connectivity index is 0.000000330. The largest absolute Gasteiger partial charge is 0.512 e. The summed E-state index contributed by atoms with van der Waals surface area (Å²) in [6.07, 6.45) is 7.65. The third-order valence-corrected chi connectivity index (χ3v) is 12.1. The molecular weight excluding hydrogens is 871 g/mol. The van der Waals surface area contributed by atoms with Crippen molar-refractivity contribution in [2.45, 2.75) is 128 Å². The Bertz CT molecular complexity index is 2340. The van der Waals surface area contributed by atoms with Gasteiger partial charge >= 0.3 is 0 Å². The fourth-order valence-corrected chi connectivity index (χ4v) is 7.30. The van der Waals surface area contributed by atoms with E-state index in [1.807, 2.05) is 53.8 Å². The number of fused-ring (bicyclic) bond motifs is 3. The summed E-state index contributed by atoms with van der Waals surface area (Å²) in [6.45, 7) is 27.5. The van der Waals surface area contributed by atoms with Crippen LogP contribution in [0.3, 0.4) is 0 Å². The topological polar surface area (TPSA) is 76.5 Å². The van der Waals surface area contributed by atoms with E-state index in [0.29, 0.717) is 5.92 Å². The molecule has 5 nitrogen and oxygen atoms in total. The van der Waals surface area contributed by atoms with Gasteiger partial charge in [0.1, 0.15) is 16.9 Å². The number of nitrogens with zero attached hydrogens (tertiary/aromatic N) is 1. The second-order valence-electron chi connectivity index (χ2n) is 17.4. The first kappa shape index (κ1) is 44.7. The molecule has 3 heterocycles. The number of allylic oxidation sites excluding steroid dienone is 2. The normalized spacial score (nSPS) is 12.6. The van der Waals surface area contributed by atoms with Crippen molar-refractivity contribution < 1.29 is 38.8 Å². The molecule has 56 heavy (non-hydrogen) atoms. The number of carbonyl (C=O) groups is 1. The summed E-state index contributed by atoms with van der Waals surface area (Å²) in [4.78, 5) is 17.0. The van der Waals surface area contributed by atoms with Gasteiger partial charge in [0.15, 0.2) is 17.3 Å². The number of pyridine rings is 1. The van der Waals surface area contributed by atoms with Gasteiger partial charge < -0.3 is 13.9 Å². The van der Waals surface area contributed by atoms with Crippen LogP contribution in [0.5, 0.6) is 0 Å². The van der Waals surface area contributed by atoms with Crippen molar-refractivity contribution in [3.8, 4) is 22.8 Å². The molecule has 0 saturated heterocycles. The zero-order chi connectivity index (χ0) is 40.5. The van der Waals surface area contributed by atoms with E-state index in [1.165, 1.54) is 22.6 Å². The molecule has 1 N–H and O–H groups in total. The van der Waals surface area contributed by atoms with E-state index in [4.69, 9.17) is 13.8 Å². The first-order chi connectivity index (χ1) is 25.9. The van der Waals surface area contributed by atoms with Gasteiger partial charge in [-0.3, -0.25) is 9.78 Å². The fourth-order valence-electron chi connectivity index (χ4n) is 7.30. The molecule has 0 aliphatic rings. The Kier molecular flexibility index (Phi) is 14.1. The third kappa shape index (κ3) is 8.93. The maximum absolute atomic E-state index is 12.2. The maximum atomic E-state index is 12.2. The van der Waals surface area contributed by atoms with Crippen LogP contribution in [0.1, 0.15) is 124 Å². The summed E-state index contributed by atoms with van der Waals surface area (Å²) in [7, 11) is 0. The van der Waals surface area contributed by atoms with Crippen molar-refractivity contribution >= 4 is 38.5 Å². The van der Waals surface area contributed by atoms with Crippen LogP contribution < -0.4 is 0 Å². The Morgan fingerprint density at radius 2 is 1.41 bits per heavy atom. The molecule has 3 aromatic carbocycles. The molecule has 0 aliphatic heterocycles. The van der Waals surface area contributed by atoms with Crippen LogP contribution in [0, 0.1) is 36.7 Å². The molecule has 6 rings (SSSR count). The third-order valence-electron chi connectivity index (χ3n) is 12.1. The Morgan fingerprint density at radius 1 is 0.804 bits per heavy atom. The van der Waals surface area contributed by atoms with Crippen molar-refractivity contribution in [3.05, 3.63) is 101 Å². The van der Waals surface area contributed by atoms with Gasteiger partial charge in [-0.25, -0.2) is 0 Å². The first-order valence-corrected chi connectivity index (χ1v) is 20.2. The first-order valence-electron chi connectivity index (χ1n) is 20.2. The van der Waals surface area contributed by atoms with Crippen molar-refractivity contribution in [2.75, 3.05) is 0 Å². The van der Waals surface area contributed by atoms with Crippen LogP contribution in [-0.4, -0.2) is 15.9 Å². The number of furan rings is 2. The summed E-state index contributed by atoms with van der Waals surface area (Å²) >= 11 is 0. The van der Waals surface area contributed by atoms with Crippen LogP contribution >= 0.6 is 0 Å². The van der Waals surface area contributed by atoms with Crippen molar-refractivity contribution in [1.29, 1.82) is 0 Å². The molecular formula is C50H62IrNO4-. The molecule has 0 unspecified atom stereocenters. The fraction of sp³-hybridized carbons (Fsp3) is 0.440. The average molecular weight is 933 g/mol. The van der Waals surface area contributed by atoms with E-state index in [2.05, 4.69) is 103 Å². The molecule has 0 bridgehead atoms. The number of aryl methyl sites for hydroxylation is 2. The molecule has 6 aromatic rings. The van der Waals surface area contributed by atoms with Gasteiger partial charge in [-0.1, -0.05) is 117 Å². The molecule has 0 saturated carbocycles. The number of aliphatic hydroxyl groups is 1. The zero-order valence-electron chi connectivity index (χ0n) is 35.9. The zero-order valence-corrected chi connectivity index (χ0v) is 38.3. The molecule has 0 amide bonds. The van der Waals surface area contributed by atoms with Crippen molar-refractivity contribution in [3.63, 3.8) is 0 Å². The van der Waals surface area contributed by atoms with E-state index < -0.39 is 0 Å². The van der Waals surface area contributed by atoms with Gasteiger partial charge in [0.2, 0.25) is 0 Å². The van der Waals surface area contributed by atoms with Gasteiger partial charge in [0.25, 0.3) is 0 Å². The van der Waals surface area contributed by atoms with Gasteiger partial charge in [0.05, 0.1) is 0 Å². The summed E-state index contributed by atoms with van der Waals surface area (Å²) in [5.41, 5.74) is 7.52. The van der Waals surface area contributed by atoms with Crippen LogP contribution in [0.2, 0.25) is 0 Å². The monoisotopic (exact) mass is 933 g/mol. The van der Waals surface area contributed by atoms with E-state index >= 15 is 0 Å². The second-order valence-corrected chi connectivity index (χ2v) is 17.4. The number of benzene rings is 3. The average Bonchev–Trinajstić information content (AvgIpc) is 3.67. The van der Waals surface area contributed by atoms with Gasteiger partial charge in [0, 0.05) is 70.8 Å². The van der Waals surface area contributed by atoms with E-state index in [0.717, 1.165) is 93.3 Å². The predicted molar refractivity (Wildman–Crippen MR) is 231 cm³/mol. The van der Waals surface area contributed by atoms with Gasteiger partial charge in [-0.15, -0.1) is 29.1 Å². The minimum absolute atomic E-state index is 0. The Labute approximate surface area is 348 Å². The van der Waals surface area contributed by atoms with Crippen molar-refractivity contribution in [1.82, 2.24) is 4.98 Å². The number of ketones is 1. The van der Waals surface area contributed by atoms with Crippen LogP contribution in [0.25, 0.3) is 55.5 Å². The van der Waals surface area contributed by atoms with Gasteiger partial charge in [-0.05, 0) is 75.0 Å². The number of hydrogen-bond donors (Lipinski definition) is 1. The molecule has 0 spiro atoms. The smallest absolute Gasteiger partial charge is 0.173 e. The standard InChI is InChI=1S/C35H34NO2.C15H28O2.Ir/c1-20(2)16-23-12-13-26-21(3)32(37-30(26)17-23)33-22(4)27-14-15-36-31(34(27)38-33)25-18-24-10-8-9-11-28(24)29(19-25)35(5,6)7;1-7-14(5,8-2)12(16)11-13(17)15(6,9-3)10-4;/h8-15,17,19-20H,16H2,1-7H3;11,16H,7-10H2,1-6H3;/q-1;;/b;12-11-;. The Hall–Kier alpha value is -3.99. The maximum Gasteiger partial charge on any atom is 0.173 e. The van der Waals surface area contributed by atoms with E-state index in [9.17, 15) is 9.90 Å². The molecule has 6 heteroatoms. The summed E-state index contributed by atoms with van der Waals surface area (Å²) in [6, 6.07) is 22.9. The second kappa shape index (κ2) is 17.7. The summed E-state index contributed by atoms with van der Waals surface area (Å²) in [5, 5.41) is 14.6. The number of aromatic nitrogens is 1. The van der Waals surface area contributed by atoms with Crippen LogP contribution in [0.15, 0.2) is 81.5 Å². The molecule has 0 fully saturated rings. The van der Waals surface area contributed by atoms with Gasteiger partial charge in [-0.2, -0.15) is 0 Å². The van der Waals surface area contributed by atoms with Crippen molar-refractivity contribution in [2.24, 2.45) is 16.7 Å². The number of hydrogen-bond acceptors (Lipinski definition) is 5.